The third-order valence-corrected chi connectivity index (χ3v) is 4.15. The van der Waals surface area contributed by atoms with Crippen molar-refractivity contribution in [2.75, 3.05) is 6.54 Å². The second-order valence-corrected chi connectivity index (χ2v) is 5.25. The van der Waals surface area contributed by atoms with Gasteiger partial charge in [-0.05, 0) is 24.1 Å². The fourth-order valence-electron chi connectivity index (χ4n) is 3.29. The van der Waals surface area contributed by atoms with Gasteiger partial charge in [-0.2, -0.15) is 0 Å². The lowest BCUT2D eigenvalue weighted by Crippen LogP contribution is -2.37. The molecule has 4 rings (SSSR count). The maximum Gasteiger partial charge on any atom is 0.161 e. The molecule has 0 radical (unpaired) electrons. The van der Waals surface area contributed by atoms with Crippen LogP contribution >= 0.6 is 0 Å². The predicted molar refractivity (Wildman–Crippen MR) is 74.4 cm³/mol. The van der Waals surface area contributed by atoms with Gasteiger partial charge in [0.25, 0.3) is 0 Å². The minimum atomic E-state index is -0.293. The van der Waals surface area contributed by atoms with Crippen LogP contribution < -0.4 is 0 Å². The Morgan fingerprint density at radius 2 is 2.16 bits per heavy atom. The van der Waals surface area contributed by atoms with E-state index in [1.807, 2.05) is 12.3 Å². The first-order valence-electron chi connectivity index (χ1n) is 6.60. The van der Waals surface area contributed by atoms with E-state index in [1.54, 1.807) is 6.08 Å². The standard InChI is InChI=1S/C16H14N2O/c19-13-5-6-16-7-10-18-9-2-4-12(15(16)18)3-1-8-17-14(16)11-13/h1-2,4-8,10H,3,9,11H2/b8-1-,17-14-. The Bertz CT molecular complexity index is 646. The van der Waals surface area contributed by atoms with E-state index in [2.05, 4.69) is 40.4 Å². The highest BCUT2D eigenvalue weighted by Crippen LogP contribution is 2.47. The molecule has 1 atom stereocenters. The minimum absolute atomic E-state index is 0.138. The van der Waals surface area contributed by atoms with Crippen molar-refractivity contribution in [1.29, 1.82) is 0 Å². The van der Waals surface area contributed by atoms with E-state index in [4.69, 9.17) is 0 Å². The summed E-state index contributed by atoms with van der Waals surface area (Å²) in [5, 5.41) is 0. The van der Waals surface area contributed by atoms with Gasteiger partial charge in [0.05, 0.1) is 11.8 Å². The van der Waals surface area contributed by atoms with E-state index in [1.165, 1.54) is 11.3 Å². The molecular formula is C16H14N2O. The maximum absolute atomic E-state index is 11.7. The molecule has 0 saturated heterocycles. The van der Waals surface area contributed by atoms with Gasteiger partial charge < -0.3 is 4.90 Å². The lowest BCUT2D eigenvalue weighted by atomic mass is 9.72. The van der Waals surface area contributed by atoms with Crippen molar-refractivity contribution < 1.29 is 4.79 Å². The van der Waals surface area contributed by atoms with Crippen molar-refractivity contribution in [2.24, 2.45) is 10.4 Å². The molecule has 3 heterocycles. The topological polar surface area (TPSA) is 32.7 Å². The Labute approximate surface area is 112 Å². The minimum Gasteiger partial charge on any atom is -0.346 e. The summed E-state index contributed by atoms with van der Waals surface area (Å²) >= 11 is 0. The Morgan fingerprint density at radius 3 is 3.11 bits per heavy atom. The molecule has 0 amide bonds. The molecule has 3 nitrogen and oxygen atoms in total. The summed E-state index contributed by atoms with van der Waals surface area (Å²) in [6.07, 6.45) is 17.6. The van der Waals surface area contributed by atoms with Gasteiger partial charge in [-0.1, -0.05) is 24.3 Å². The van der Waals surface area contributed by atoms with Crippen LogP contribution in [0.2, 0.25) is 0 Å². The van der Waals surface area contributed by atoms with Crippen LogP contribution in [-0.2, 0) is 4.79 Å². The van der Waals surface area contributed by atoms with E-state index in [9.17, 15) is 4.79 Å². The number of rotatable bonds is 0. The zero-order valence-corrected chi connectivity index (χ0v) is 10.5. The summed E-state index contributed by atoms with van der Waals surface area (Å²) in [4.78, 5) is 18.5. The van der Waals surface area contributed by atoms with Crippen LogP contribution in [0.4, 0.5) is 0 Å². The molecule has 1 spiro atoms. The first-order valence-corrected chi connectivity index (χ1v) is 6.60. The second-order valence-electron chi connectivity index (χ2n) is 5.25. The summed E-state index contributed by atoms with van der Waals surface area (Å²) < 4.78 is 0. The Balaban J connectivity index is 2.01. The van der Waals surface area contributed by atoms with Crippen molar-refractivity contribution in [3.63, 3.8) is 0 Å². The second kappa shape index (κ2) is 3.67. The molecule has 19 heavy (non-hydrogen) atoms. The number of ketones is 1. The molecule has 0 bridgehead atoms. The SMILES string of the molecule is O=C1C=CC23C=CN4CC=CC(=C42)C/C=C\N=C/3C1. The molecule has 1 unspecified atom stereocenters. The zero-order chi connectivity index (χ0) is 12.9. The van der Waals surface area contributed by atoms with Crippen molar-refractivity contribution in [1.82, 2.24) is 4.90 Å². The lowest BCUT2D eigenvalue weighted by Gasteiger charge is -2.36. The van der Waals surface area contributed by atoms with Crippen LogP contribution in [-0.4, -0.2) is 22.9 Å². The molecule has 0 N–H and O–H groups in total. The van der Waals surface area contributed by atoms with Crippen LogP contribution in [0.5, 0.6) is 0 Å². The fourth-order valence-corrected chi connectivity index (χ4v) is 3.29. The molecule has 4 aliphatic rings. The number of carbonyl (C=O) groups is 1. The highest BCUT2D eigenvalue weighted by molar-refractivity contribution is 6.15. The zero-order valence-electron chi connectivity index (χ0n) is 10.5. The average molecular weight is 250 g/mol. The van der Waals surface area contributed by atoms with Gasteiger partial charge in [0.15, 0.2) is 5.78 Å². The van der Waals surface area contributed by atoms with Gasteiger partial charge in [0.2, 0.25) is 0 Å². The third kappa shape index (κ3) is 1.38. The van der Waals surface area contributed by atoms with Gasteiger partial charge in [-0.3, -0.25) is 9.79 Å². The van der Waals surface area contributed by atoms with Gasteiger partial charge in [-0.15, -0.1) is 0 Å². The van der Waals surface area contributed by atoms with Gasteiger partial charge in [-0.25, -0.2) is 0 Å². The van der Waals surface area contributed by atoms with Crippen molar-refractivity contribution in [3.05, 3.63) is 60.1 Å². The number of hydrogen-bond donors (Lipinski definition) is 0. The normalized spacial score (nSPS) is 35.5. The van der Waals surface area contributed by atoms with Gasteiger partial charge in [0.1, 0.15) is 0 Å². The Kier molecular flexibility index (Phi) is 2.07. The molecule has 1 aliphatic carbocycles. The predicted octanol–water partition coefficient (Wildman–Crippen LogP) is 2.51. The number of allylic oxidation sites excluding steroid dienone is 5. The van der Waals surface area contributed by atoms with Gasteiger partial charge >= 0.3 is 0 Å². The highest BCUT2D eigenvalue weighted by atomic mass is 16.1. The largest absolute Gasteiger partial charge is 0.346 e. The van der Waals surface area contributed by atoms with Crippen LogP contribution in [0.1, 0.15) is 12.8 Å². The molecule has 0 aromatic heterocycles. The number of carbonyl (C=O) groups excluding carboxylic acids is 1. The Morgan fingerprint density at radius 1 is 1.21 bits per heavy atom. The molecular weight excluding hydrogens is 236 g/mol. The van der Waals surface area contributed by atoms with E-state index >= 15 is 0 Å². The van der Waals surface area contributed by atoms with Crippen LogP contribution in [0.15, 0.2) is 65.1 Å². The van der Waals surface area contributed by atoms with Crippen molar-refractivity contribution in [2.45, 2.75) is 12.8 Å². The molecule has 94 valence electrons. The number of nitrogens with zero attached hydrogens (tertiary/aromatic N) is 2. The van der Waals surface area contributed by atoms with Crippen molar-refractivity contribution in [3.8, 4) is 0 Å². The maximum atomic E-state index is 11.7. The van der Waals surface area contributed by atoms with Crippen LogP contribution in [0.25, 0.3) is 0 Å². The van der Waals surface area contributed by atoms with E-state index < -0.39 is 0 Å². The number of aliphatic imine (C=N–C) groups is 1. The van der Waals surface area contributed by atoms with Crippen LogP contribution in [0, 0.1) is 5.41 Å². The molecule has 0 aromatic rings. The summed E-state index contributed by atoms with van der Waals surface area (Å²) in [5.74, 6) is 0.138. The van der Waals surface area contributed by atoms with E-state index in [0.29, 0.717) is 6.42 Å². The monoisotopic (exact) mass is 250 g/mol. The van der Waals surface area contributed by atoms with E-state index in [0.717, 1.165) is 18.7 Å². The Hall–Kier alpha value is -2.16. The smallest absolute Gasteiger partial charge is 0.161 e. The average Bonchev–Trinajstić information content (AvgIpc) is 2.77. The molecule has 0 fully saturated rings. The lowest BCUT2D eigenvalue weighted by molar-refractivity contribution is -0.113. The van der Waals surface area contributed by atoms with Gasteiger partial charge in [0, 0.05) is 30.4 Å². The molecule has 0 saturated carbocycles. The first kappa shape index (κ1) is 10.7. The fraction of sp³-hybridized carbons (Fsp3) is 0.250. The highest BCUT2D eigenvalue weighted by Gasteiger charge is 2.45. The quantitative estimate of drug-likeness (QED) is 0.661. The third-order valence-electron chi connectivity index (χ3n) is 4.15. The summed E-state index contributed by atoms with van der Waals surface area (Å²) in [5.41, 5.74) is 3.25. The van der Waals surface area contributed by atoms with Crippen molar-refractivity contribution >= 4 is 11.5 Å². The number of hydrogen-bond acceptors (Lipinski definition) is 3. The molecule has 3 heteroatoms. The first-order chi connectivity index (χ1) is 9.29. The van der Waals surface area contributed by atoms with Crippen LogP contribution in [0.3, 0.4) is 0 Å². The molecule has 0 aromatic carbocycles. The summed E-state index contributed by atoms with van der Waals surface area (Å²) in [7, 11) is 0. The summed E-state index contributed by atoms with van der Waals surface area (Å²) in [6.45, 7) is 0.899. The summed E-state index contributed by atoms with van der Waals surface area (Å²) in [6, 6.07) is 0. The molecule has 3 aliphatic heterocycles. The van der Waals surface area contributed by atoms with E-state index in [-0.39, 0.29) is 11.2 Å².